The third-order valence-electron chi connectivity index (χ3n) is 3.39. The van der Waals surface area contributed by atoms with Gasteiger partial charge in [-0.2, -0.15) is 0 Å². The van der Waals surface area contributed by atoms with Crippen molar-refractivity contribution < 1.29 is 19.1 Å². The van der Waals surface area contributed by atoms with Gasteiger partial charge >= 0.3 is 5.97 Å². The second kappa shape index (κ2) is 7.95. The number of nitrogens with one attached hydrogen (secondary N) is 1. The summed E-state index contributed by atoms with van der Waals surface area (Å²) in [4.78, 5) is 37.0. The largest absolute Gasteiger partial charge is 0.452 e. The molecular weight excluding hydrogens is 308 g/mol. The standard InChI is InChI=1S/C18H26N2O4/c1-12-7-8-14(9-13(12)2)17(23)24-11-16(22)20(6)10-15(21)19-18(3,4)5/h7-9H,10-11H2,1-6H3,(H,19,21). The van der Waals surface area contributed by atoms with E-state index in [0.29, 0.717) is 5.56 Å². The molecule has 0 radical (unpaired) electrons. The Hall–Kier alpha value is -2.37. The first-order valence-corrected chi connectivity index (χ1v) is 7.79. The van der Waals surface area contributed by atoms with E-state index in [2.05, 4.69) is 5.32 Å². The molecule has 6 nitrogen and oxygen atoms in total. The molecule has 6 heteroatoms. The highest BCUT2D eigenvalue weighted by Gasteiger charge is 2.19. The van der Waals surface area contributed by atoms with Gasteiger partial charge in [0.05, 0.1) is 12.1 Å². The third-order valence-corrected chi connectivity index (χ3v) is 3.39. The highest BCUT2D eigenvalue weighted by Crippen LogP contribution is 2.11. The monoisotopic (exact) mass is 334 g/mol. The van der Waals surface area contributed by atoms with Crippen LogP contribution in [0.1, 0.15) is 42.3 Å². The van der Waals surface area contributed by atoms with Crippen molar-refractivity contribution in [1.29, 1.82) is 0 Å². The van der Waals surface area contributed by atoms with Crippen LogP contribution in [0.5, 0.6) is 0 Å². The Morgan fingerprint density at radius 2 is 1.75 bits per heavy atom. The molecule has 0 fully saturated rings. The topological polar surface area (TPSA) is 75.7 Å². The van der Waals surface area contributed by atoms with Gasteiger partial charge in [0.2, 0.25) is 5.91 Å². The maximum absolute atomic E-state index is 12.0. The highest BCUT2D eigenvalue weighted by atomic mass is 16.5. The lowest BCUT2D eigenvalue weighted by molar-refractivity contribution is -0.137. The fourth-order valence-corrected chi connectivity index (χ4v) is 1.95. The van der Waals surface area contributed by atoms with Crippen LogP contribution < -0.4 is 5.32 Å². The second-order valence-electron chi connectivity index (χ2n) is 6.92. The van der Waals surface area contributed by atoms with Crippen LogP contribution in [-0.4, -0.2) is 48.4 Å². The summed E-state index contributed by atoms with van der Waals surface area (Å²) in [7, 11) is 1.49. The van der Waals surface area contributed by atoms with Crippen molar-refractivity contribution in [2.75, 3.05) is 20.2 Å². The predicted octanol–water partition coefficient (Wildman–Crippen LogP) is 1.83. The van der Waals surface area contributed by atoms with Crippen molar-refractivity contribution >= 4 is 17.8 Å². The van der Waals surface area contributed by atoms with Crippen LogP contribution in [-0.2, 0) is 14.3 Å². The fraction of sp³-hybridized carbons (Fsp3) is 0.500. The van der Waals surface area contributed by atoms with Crippen LogP contribution in [0, 0.1) is 13.8 Å². The van der Waals surface area contributed by atoms with Crippen molar-refractivity contribution in [1.82, 2.24) is 10.2 Å². The van der Waals surface area contributed by atoms with E-state index in [0.717, 1.165) is 11.1 Å². The van der Waals surface area contributed by atoms with Gasteiger partial charge in [-0.3, -0.25) is 9.59 Å². The minimum absolute atomic E-state index is 0.0860. The van der Waals surface area contributed by atoms with Crippen molar-refractivity contribution in [3.63, 3.8) is 0 Å². The maximum atomic E-state index is 12.0. The first kappa shape index (κ1) is 19.7. The van der Waals surface area contributed by atoms with Crippen LogP contribution in [0.15, 0.2) is 18.2 Å². The van der Waals surface area contributed by atoms with Crippen LogP contribution >= 0.6 is 0 Å². The molecule has 0 aliphatic heterocycles. The number of carbonyl (C=O) groups excluding carboxylic acids is 3. The Bertz CT molecular complexity index is 632. The molecule has 24 heavy (non-hydrogen) atoms. The number of rotatable bonds is 5. The molecule has 1 N–H and O–H groups in total. The molecule has 0 aliphatic rings. The number of likely N-dealkylation sites (N-methyl/N-ethyl adjacent to an activating group) is 1. The molecule has 1 aromatic rings. The van der Waals surface area contributed by atoms with Gasteiger partial charge < -0.3 is 15.0 Å². The van der Waals surface area contributed by atoms with E-state index >= 15 is 0 Å². The summed E-state index contributed by atoms with van der Waals surface area (Å²) >= 11 is 0. The molecule has 0 saturated carbocycles. The molecule has 0 heterocycles. The van der Waals surface area contributed by atoms with E-state index in [9.17, 15) is 14.4 Å². The van der Waals surface area contributed by atoms with Crippen molar-refractivity contribution in [3.05, 3.63) is 34.9 Å². The van der Waals surface area contributed by atoms with Crippen molar-refractivity contribution in [2.45, 2.75) is 40.2 Å². The number of hydrogen-bond donors (Lipinski definition) is 1. The fourth-order valence-electron chi connectivity index (χ4n) is 1.95. The third kappa shape index (κ3) is 6.40. The lowest BCUT2D eigenvalue weighted by Crippen LogP contribution is -2.46. The molecule has 132 valence electrons. The number of nitrogens with zero attached hydrogens (tertiary/aromatic N) is 1. The van der Waals surface area contributed by atoms with E-state index in [4.69, 9.17) is 4.74 Å². The SMILES string of the molecule is Cc1ccc(C(=O)OCC(=O)N(C)CC(=O)NC(C)(C)C)cc1C. The molecule has 0 saturated heterocycles. The molecule has 0 bridgehead atoms. The number of ether oxygens (including phenoxy) is 1. The number of aryl methyl sites for hydroxylation is 2. The maximum Gasteiger partial charge on any atom is 0.338 e. The number of amides is 2. The van der Waals surface area contributed by atoms with E-state index in [1.807, 2.05) is 40.7 Å². The zero-order valence-corrected chi connectivity index (χ0v) is 15.2. The van der Waals surface area contributed by atoms with E-state index < -0.39 is 18.5 Å². The van der Waals surface area contributed by atoms with Gasteiger partial charge in [-0.05, 0) is 57.9 Å². The number of benzene rings is 1. The Morgan fingerprint density at radius 3 is 2.29 bits per heavy atom. The minimum atomic E-state index is -0.556. The average Bonchev–Trinajstić information content (AvgIpc) is 2.45. The first-order valence-electron chi connectivity index (χ1n) is 7.79. The molecule has 0 atom stereocenters. The van der Waals surface area contributed by atoms with Crippen molar-refractivity contribution in [3.8, 4) is 0 Å². The Balaban J connectivity index is 2.51. The highest BCUT2D eigenvalue weighted by molar-refractivity contribution is 5.92. The molecule has 1 aromatic carbocycles. The van der Waals surface area contributed by atoms with E-state index in [-0.39, 0.29) is 18.0 Å². The lowest BCUT2D eigenvalue weighted by Gasteiger charge is -2.23. The minimum Gasteiger partial charge on any atom is -0.452 e. The van der Waals surface area contributed by atoms with Gasteiger partial charge in [0.15, 0.2) is 6.61 Å². The summed E-state index contributed by atoms with van der Waals surface area (Å²) in [5.74, 6) is -1.26. The summed E-state index contributed by atoms with van der Waals surface area (Å²) in [6.45, 7) is 8.95. The first-order chi connectivity index (χ1) is 11.0. The predicted molar refractivity (Wildman–Crippen MR) is 91.7 cm³/mol. The zero-order valence-electron chi connectivity index (χ0n) is 15.2. The lowest BCUT2D eigenvalue weighted by atomic mass is 10.1. The zero-order chi connectivity index (χ0) is 18.5. The van der Waals surface area contributed by atoms with E-state index in [1.54, 1.807) is 12.1 Å². The Labute approximate surface area is 143 Å². The molecule has 0 spiro atoms. The quantitative estimate of drug-likeness (QED) is 0.834. The Kier molecular flexibility index (Phi) is 6.51. The second-order valence-corrected chi connectivity index (χ2v) is 6.92. The van der Waals surface area contributed by atoms with Gasteiger partial charge in [-0.1, -0.05) is 6.07 Å². The molecule has 1 rings (SSSR count). The summed E-state index contributed by atoms with van der Waals surface area (Å²) < 4.78 is 5.03. The normalized spacial score (nSPS) is 10.9. The van der Waals surface area contributed by atoms with Gasteiger partial charge in [-0.25, -0.2) is 4.79 Å². The average molecular weight is 334 g/mol. The molecule has 0 unspecified atom stereocenters. The molecule has 0 aliphatic carbocycles. The van der Waals surface area contributed by atoms with Gasteiger partial charge in [0.1, 0.15) is 0 Å². The molecular formula is C18H26N2O4. The summed E-state index contributed by atoms with van der Waals surface area (Å²) in [6.07, 6.45) is 0. The number of esters is 1. The van der Waals surface area contributed by atoms with Crippen LogP contribution in [0.2, 0.25) is 0 Å². The summed E-state index contributed by atoms with van der Waals surface area (Å²) in [5.41, 5.74) is 2.09. The number of carbonyl (C=O) groups is 3. The van der Waals surface area contributed by atoms with Gasteiger partial charge in [-0.15, -0.1) is 0 Å². The van der Waals surface area contributed by atoms with Crippen LogP contribution in [0.25, 0.3) is 0 Å². The van der Waals surface area contributed by atoms with Gasteiger partial charge in [0.25, 0.3) is 5.91 Å². The van der Waals surface area contributed by atoms with Crippen LogP contribution in [0.4, 0.5) is 0 Å². The Morgan fingerprint density at radius 1 is 1.12 bits per heavy atom. The van der Waals surface area contributed by atoms with Gasteiger partial charge in [0, 0.05) is 12.6 Å². The molecule has 2 amide bonds. The molecule has 0 aromatic heterocycles. The van der Waals surface area contributed by atoms with E-state index in [1.165, 1.54) is 11.9 Å². The summed E-state index contributed by atoms with van der Waals surface area (Å²) in [5, 5.41) is 2.77. The number of hydrogen-bond acceptors (Lipinski definition) is 4. The van der Waals surface area contributed by atoms with Crippen LogP contribution in [0.3, 0.4) is 0 Å². The summed E-state index contributed by atoms with van der Waals surface area (Å²) in [6, 6.07) is 5.22. The smallest absolute Gasteiger partial charge is 0.338 e. The van der Waals surface area contributed by atoms with Crippen molar-refractivity contribution in [2.24, 2.45) is 0 Å².